The molecule has 7 heteroatoms. The molecule has 5 nitrogen and oxygen atoms in total. The number of rotatable bonds is 5. The van der Waals surface area contributed by atoms with Crippen LogP contribution in [-0.2, 0) is 10.0 Å². The number of nitrogens with one attached hydrogen (secondary N) is 1. The number of halogens is 1. The van der Waals surface area contributed by atoms with E-state index in [0.717, 1.165) is 25.7 Å². The Morgan fingerprint density at radius 3 is 2.38 bits per heavy atom. The number of benzene rings is 2. The summed E-state index contributed by atoms with van der Waals surface area (Å²) in [7, 11) is -1.92. The molecule has 3 rings (SSSR count). The van der Waals surface area contributed by atoms with Crippen LogP contribution in [0.1, 0.15) is 36.0 Å². The second-order valence-corrected chi connectivity index (χ2v) is 8.56. The Morgan fingerprint density at radius 2 is 1.77 bits per heavy atom. The monoisotopic (exact) mass is 392 g/mol. The van der Waals surface area contributed by atoms with E-state index < -0.39 is 10.0 Å². The highest BCUT2D eigenvalue weighted by Gasteiger charge is 2.25. The highest BCUT2D eigenvalue weighted by Crippen LogP contribution is 2.28. The van der Waals surface area contributed by atoms with Gasteiger partial charge in [-0.1, -0.05) is 42.6 Å². The van der Waals surface area contributed by atoms with E-state index in [1.165, 1.54) is 24.3 Å². The van der Waals surface area contributed by atoms with E-state index >= 15 is 0 Å². The first kappa shape index (κ1) is 18.7. The molecular weight excluding hydrogens is 372 g/mol. The smallest absolute Gasteiger partial charge is 0.261 e. The molecule has 1 amide bonds. The standard InChI is InChI=1S/C19H21ClN2O3S/c1-22(15-7-5-6-8-15)19(23)14-11-12-18(17(20)13-14)21-26(24,25)16-9-3-2-4-10-16/h2-4,9-13,15,21H,5-8H2,1H3. The van der Waals surface area contributed by atoms with Crippen LogP contribution < -0.4 is 4.72 Å². The first-order valence-corrected chi connectivity index (χ1v) is 10.4. The van der Waals surface area contributed by atoms with Crippen molar-refractivity contribution in [1.29, 1.82) is 0 Å². The van der Waals surface area contributed by atoms with Crippen LogP contribution in [0.5, 0.6) is 0 Å². The zero-order valence-corrected chi connectivity index (χ0v) is 16.1. The number of carbonyl (C=O) groups excluding carboxylic acids is 1. The fourth-order valence-corrected chi connectivity index (χ4v) is 4.58. The Labute approximate surface area is 159 Å². The number of hydrogen-bond donors (Lipinski definition) is 1. The van der Waals surface area contributed by atoms with E-state index in [2.05, 4.69) is 4.72 Å². The van der Waals surface area contributed by atoms with Gasteiger partial charge in [0.1, 0.15) is 0 Å². The van der Waals surface area contributed by atoms with Crippen molar-refractivity contribution >= 4 is 33.2 Å². The Morgan fingerprint density at radius 1 is 1.12 bits per heavy atom. The van der Waals surface area contributed by atoms with Gasteiger partial charge in [-0.3, -0.25) is 9.52 Å². The van der Waals surface area contributed by atoms with Crippen molar-refractivity contribution in [2.24, 2.45) is 0 Å². The van der Waals surface area contributed by atoms with Gasteiger partial charge in [-0.2, -0.15) is 0 Å². The second kappa shape index (κ2) is 7.68. The van der Waals surface area contributed by atoms with Crippen LogP contribution in [0.4, 0.5) is 5.69 Å². The molecule has 1 saturated carbocycles. The van der Waals surface area contributed by atoms with Crippen molar-refractivity contribution < 1.29 is 13.2 Å². The number of amides is 1. The van der Waals surface area contributed by atoms with Crippen LogP contribution in [0.25, 0.3) is 0 Å². The quantitative estimate of drug-likeness (QED) is 0.830. The van der Waals surface area contributed by atoms with Crippen LogP contribution >= 0.6 is 11.6 Å². The van der Waals surface area contributed by atoms with Crippen LogP contribution in [-0.4, -0.2) is 32.3 Å². The van der Waals surface area contributed by atoms with Crippen molar-refractivity contribution in [2.45, 2.75) is 36.6 Å². The second-order valence-electron chi connectivity index (χ2n) is 6.47. The van der Waals surface area contributed by atoms with Crippen LogP contribution in [0.3, 0.4) is 0 Å². The van der Waals surface area contributed by atoms with Crippen molar-refractivity contribution in [3.8, 4) is 0 Å². The summed E-state index contributed by atoms with van der Waals surface area (Å²) in [5.41, 5.74) is 0.697. The molecule has 0 radical (unpaired) electrons. The summed E-state index contributed by atoms with van der Waals surface area (Å²) in [6, 6.07) is 13.0. The van der Waals surface area contributed by atoms with Crippen molar-refractivity contribution in [1.82, 2.24) is 4.90 Å². The van der Waals surface area contributed by atoms with E-state index in [9.17, 15) is 13.2 Å². The third-order valence-corrected chi connectivity index (χ3v) is 6.40. The molecule has 0 heterocycles. The molecule has 0 saturated heterocycles. The normalized spacial score (nSPS) is 15.0. The zero-order valence-electron chi connectivity index (χ0n) is 14.5. The first-order valence-electron chi connectivity index (χ1n) is 8.53. The molecule has 0 aliphatic heterocycles. The lowest BCUT2D eigenvalue weighted by molar-refractivity contribution is 0.0735. The zero-order chi connectivity index (χ0) is 18.7. The maximum Gasteiger partial charge on any atom is 0.261 e. The largest absolute Gasteiger partial charge is 0.339 e. The fraction of sp³-hybridized carbons (Fsp3) is 0.316. The minimum Gasteiger partial charge on any atom is -0.339 e. The van der Waals surface area contributed by atoms with Gasteiger partial charge < -0.3 is 4.90 Å². The summed E-state index contributed by atoms with van der Waals surface area (Å²) >= 11 is 6.23. The molecule has 2 aromatic carbocycles. The van der Waals surface area contributed by atoms with Crippen LogP contribution in [0.15, 0.2) is 53.4 Å². The van der Waals surface area contributed by atoms with Crippen molar-refractivity contribution in [2.75, 3.05) is 11.8 Å². The molecule has 0 unspecified atom stereocenters. The molecule has 26 heavy (non-hydrogen) atoms. The Balaban J connectivity index is 1.78. The first-order chi connectivity index (χ1) is 12.4. The molecular formula is C19H21ClN2O3S. The molecule has 0 atom stereocenters. The van der Waals surface area contributed by atoms with E-state index in [4.69, 9.17) is 11.6 Å². The highest BCUT2D eigenvalue weighted by molar-refractivity contribution is 7.92. The number of hydrogen-bond acceptors (Lipinski definition) is 3. The Hall–Kier alpha value is -2.05. The number of carbonyl (C=O) groups is 1. The minimum absolute atomic E-state index is 0.101. The summed E-state index contributed by atoms with van der Waals surface area (Å²) < 4.78 is 27.3. The van der Waals surface area contributed by atoms with Gasteiger partial charge in [0.2, 0.25) is 0 Å². The topological polar surface area (TPSA) is 66.5 Å². The molecule has 0 bridgehead atoms. The summed E-state index contributed by atoms with van der Waals surface area (Å²) in [5, 5.41) is 0.190. The molecule has 138 valence electrons. The van der Waals surface area contributed by atoms with Crippen molar-refractivity contribution in [3.05, 3.63) is 59.1 Å². The maximum absolute atomic E-state index is 12.6. The predicted molar refractivity (Wildman–Crippen MR) is 103 cm³/mol. The summed E-state index contributed by atoms with van der Waals surface area (Å²) in [4.78, 5) is 14.5. The van der Waals surface area contributed by atoms with Gasteiger partial charge >= 0.3 is 0 Å². The third kappa shape index (κ3) is 4.02. The average Bonchev–Trinajstić information content (AvgIpc) is 3.17. The van der Waals surface area contributed by atoms with Crippen LogP contribution in [0.2, 0.25) is 5.02 Å². The summed E-state index contributed by atoms with van der Waals surface area (Å²) in [5.74, 6) is -0.101. The van der Waals surface area contributed by atoms with Gasteiger partial charge in [0.25, 0.3) is 15.9 Å². The number of anilines is 1. The lowest BCUT2D eigenvalue weighted by Gasteiger charge is -2.24. The number of sulfonamides is 1. The van der Waals surface area contributed by atoms with Gasteiger partial charge in [0.15, 0.2) is 0 Å². The lowest BCUT2D eigenvalue weighted by atomic mass is 10.1. The lowest BCUT2D eigenvalue weighted by Crippen LogP contribution is -2.35. The molecule has 0 aromatic heterocycles. The van der Waals surface area contributed by atoms with E-state index in [-0.39, 0.29) is 27.6 Å². The van der Waals surface area contributed by atoms with Crippen molar-refractivity contribution in [3.63, 3.8) is 0 Å². The third-order valence-electron chi connectivity index (χ3n) is 4.71. The Bertz CT molecular complexity index is 894. The molecule has 0 spiro atoms. The average molecular weight is 393 g/mol. The molecule has 1 N–H and O–H groups in total. The van der Waals surface area contributed by atoms with Gasteiger partial charge in [-0.25, -0.2) is 8.42 Å². The molecule has 1 aliphatic carbocycles. The van der Waals surface area contributed by atoms with Gasteiger partial charge in [0, 0.05) is 18.7 Å². The van der Waals surface area contributed by atoms with Gasteiger partial charge in [0.05, 0.1) is 15.6 Å². The SMILES string of the molecule is CN(C(=O)c1ccc(NS(=O)(=O)c2ccccc2)c(Cl)c1)C1CCCC1. The summed E-state index contributed by atoms with van der Waals surface area (Å²) in [6.07, 6.45) is 4.32. The minimum atomic E-state index is -3.73. The molecule has 1 aliphatic rings. The Kier molecular flexibility index (Phi) is 5.53. The van der Waals surface area contributed by atoms with Gasteiger partial charge in [-0.15, -0.1) is 0 Å². The fourth-order valence-electron chi connectivity index (χ4n) is 3.20. The summed E-state index contributed by atoms with van der Waals surface area (Å²) in [6.45, 7) is 0. The number of nitrogens with zero attached hydrogens (tertiary/aromatic N) is 1. The molecule has 1 fully saturated rings. The van der Waals surface area contributed by atoms with E-state index in [1.807, 2.05) is 0 Å². The highest BCUT2D eigenvalue weighted by atomic mass is 35.5. The van der Waals surface area contributed by atoms with E-state index in [0.29, 0.717) is 5.56 Å². The predicted octanol–water partition coefficient (Wildman–Crippen LogP) is 4.16. The van der Waals surface area contributed by atoms with Crippen LogP contribution in [0, 0.1) is 0 Å². The maximum atomic E-state index is 12.6. The van der Waals surface area contributed by atoms with E-state index in [1.54, 1.807) is 36.2 Å². The molecule has 2 aromatic rings. The van der Waals surface area contributed by atoms with Gasteiger partial charge in [-0.05, 0) is 43.2 Å².